The van der Waals surface area contributed by atoms with Crippen LogP contribution in [0.25, 0.3) is 0 Å². The van der Waals surface area contributed by atoms with Gasteiger partial charge in [0.15, 0.2) is 0 Å². The van der Waals surface area contributed by atoms with Crippen LogP contribution >= 0.6 is 7.92 Å². The minimum atomic E-state index is -1.13. The van der Waals surface area contributed by atoms with Crippen LogP contribution in [0.4, 0.5) is 0 Å². The van der Waals surface area contributed by atoms with Gasteiger partial charge in [-0.1, -0.05) is 0 Å². The number of ether oxygens (including phenoxy) is 1. The number of hydrogen-bond acceptors (Lipinski definition) is 4. The Morgan fingerprint density at radius 3 is 2.73 bits per heavy atom. The first-order valence-corrected chi connectivity index (χ1v) is 4.69. The molecule has 1 rings (SSSR count). The molecule has 0 aliphatic rings. The molecule has 0 radical (unpaired) electrons. The molecule has 15 heavy (non-hydrogen) atoms. The first-order chi connectivity index (χ1) is 7.07. The Hall–Kier alpha value is -1.70. The van der Waals surface area contributed by atoms with Crippen LogP contribution in [-0.2, 0) is 4.57 Å². The Morgan fingerprint density at radius 1 is 1.53 bits per heavy atom. The fourth-order valence-electron chi connectivity index (χ4n) is 1.10. The molecule has 2 N–H and O–H groups in total. The summed E-state index contributed by atoms with van der Waals surface area (Å²) in [7, 11) is -0.483. The second-order valence-electron chi connectivity index (χ2n) is 2.68. The van der Waals surface area contributed by atoms with E-state index in [0.29, 0.717) is 0 Å². The van der Waals surface area contributed by atoms with Gasteiger partial charge in [-0.3, -0.25) is 0 Å². The number of phenols is 1. The molecule has 0 heterocycles. The number of carboxylic acids is 1. The van der Waals surface area contributed by atoms with E-state index >= 15 is 0 Å². The van der Waals surface area contributed by atoms with Crippen LogP contribution in [0.1, 0.15) is 15.9 Å². The van der Waals surface area contributed by atoms with Gasteiger partial charge in [0, 0.05) is 0 Å². The van der Waals surface area contributed by atoms with E-state index in [1.165, 1.54) is 19.1 Å². The van der Waals surface area contributed by atoms with Gasteiger partial charge in [0.05, 0.1) is 0 Å². The van der Waals surface area contributed by atoms with Gasteiger partial charge in [-0.05, 0) is 0 Å². The monoisotopic (exact) mass is 226 g/mol. The summed E-state index contributed by atoms with van der Waals surface area (Å²) in [6.45, 7) is 1.47. The van der Waals surface area contributed by atoms with E-state index in [0.717, 1.165) is 0 Å². The Kier molecular flexibility index (Phi) is 3.56. The molecule has 0 atom stereocenters. The average Bonchev–Trinajstić information content (AvgIpc) is 2.17. The summed E-state index contributed by atoms with van der Waals surface area (Å²) < 4.78 is 14.8. The van der Waals surface area contributed by atoms with Crippen LogP contribution in [-0.4, -0.2) is 16.2 Å². The normalized spacial score (nSPS) is 9.13. The quantitative estimate of drug-likeness (QED) is 0.753. The molecule has 78 valence electrons. The van der Waals surface area contributed by atoms with Crippen molar-refractivity contribution in [2.75, 3.05) is 0 Å². The molecular weight excluding hydrogens is 219 g/mol. The third kappa shape index (κ3) is 2.40. The predicted octanol–water partition coefficient (Wildman–Crippen LogP) is 1.99. The van der Waals surface area contributed by atoms with Gasteiger partial charge in [-0.25, -0.2) is 0 Å². The third-order valence-corrected chi connectivity index (χ3v) is 1.97. The van der Waals surface area contributed by atoms with Crippen LogP contribution in [0, 0.1) is 12.7 Å². The van der Waals surface area contributed by atoms with Crippen LogP contribution in [0.15, 0.2) is 12.1 Å². The zero-order chi connectivity index (χ0) is 11.4. The number of carbonyl (C=O) groups is 1. The van der Waals surface area contributed by atoms with Crippen molar-refractivity contribution in [1.29, 1.82) is 0 Å². The van der Waals surface area contributed by atoms with Crippen molar-refractivity contribution in [3.05, 3.63) is 23.3 Å². The summed E-state index contributed by atoms with van der Waals surface area (Å²) in [6.07, 6.45) is 0. The van der Waals surface area contributed by atoms with Gasteiger partial charge in [-0.15, -0.1) is 0 Å². The molecule has 0 aromatic heterocycles. The topological polar surface area (TPSA) is 83.8 Å². The van der Waals surface area contributed by atoms with Crippen molar-refractivity contribution >= 4 is 13.9 Å². The number of aromatic hydroxyl groups is 1. The molecule has 1 aromatic rings. The Balaban J connectivity index is 3.33. The molecule has 0 saturated carbocycles. The van der Waals surface area contributed by atoms with Crippen LogP contribution in [0.3, 0.4) is 0 Å². The number of hydrogen-bond donors (Lipinski definition) is 2. The molecule has 0 fully saturated rings. The zero-order valence-electron chi connectivity index (χ0n) is 7.72. The van der Waals surface area contributed by atoms with Gasteiger partial charge in [0.2, 0.25) is 0 Å². The summed E-state index contributed by atoms with van der Waals surface area (Å²) in [5.41, 5.74) is 0.255. The van der Waals surface area contributed by atoms with E-state index in [2.05, 4.69) is 0 Å². The molecule has 5 nitrogen and oxygen atoms in total. The van der Waals surface area contributed by atoms with Gasteiger partial charge in [0.25, 0.3) is 0 Å². The predicted molar refractivity (Wildman–Crippen MR) is 51.9 cm³/mol. The first kappa shape index (κ1) is 11.4. The van der Waals surface area contributed by atoms with E-state index in [1.54, 1.807) is 0 Å². The van der Waals surface area contributed by atoms with Crippen LogP contribution < -0.4 is 4.74 Å². The Bertz CT molecular complexity index is 502. The van der Waals surface area contributed by atoms with Gasteiger partial charge in [0.1, 0.15) is 0 Å². The van der Waals surface area contributed by atoms with Crippen molar-refractivity contribution in [2.45, 2.75) is 6.92 Å². The maximum absolute atomic E-state index is 10.7. The summed E-state index contributed by atoms with van der Waals surface area (Å²) in [4.78, 5) is 10.7. The first-order valence-electron chi connectivity index (χ1n) is 3.88. The molecule has 0 unspecified atom stereocenters. The number of phenolic OH excluding ortho intramolecular Hbond substituents is 1. The summed E-state index contributed by atoms with van der Waals surface area (Å²) in [6, 6.07) is 2.45. The zero-order valence-corrected chi connectivity index (χ0v) is 8.62. The maximum atomic E-state index is 10.7. The molecule has 0 amide bonds. The van der Waals surface area contributed by atoms with E-state index < -0.39 is 13.9 Å². The Morgan fingerprint density at radius 2 is 2.20 bits per heavy atom. The van der Waals surface area contributed by atoms with Gasteiger partial charge in [-0.2, -0.15) is 0 Å². The average molecular weight is 226 g/mol. The molecule has 0 aliphatic heterocycles. The van der Waals surface area contributed by atoms with Crippen molar-refractivity contribution < 1.29 is 24.3 Å². The second kappa shape index (κ2) is 4.69. The fraction of sp³-hybridized carbons (Fsp3) is 0.111. The summed E-state index contributed by atoms with van der Waals surface area (Å²) >= 11 is 0. The van der Waals surface area contributed by atoms with Gasteiger partial charge >= 0.3 is 85.7 Å². The summed E-state index contributed by atoms with van der Waals surface area (Å²) in [5, 5.41) is 18.1. The molecule has 0 aliphatic carbocycles. The number of aromatic carboxylic acids is 1. The van der Waals surface area contributed by atoms with E-state index in [9.17, 15) is 14.5 Å². The fourth-order valence-corrected chi connectivity index (χ4v) is 1.23. The van der Waals surface area contributed by atoms with Crippen molar-refractivity contribution in [3.63, 3.8) is 0 Å². The number of carboxylic acid groups (broad SMARTS) is 1. The van der Waals surface area contributed by atoms with Crippen LogP contribution in [0.2, 0.25) is 0 Å². The van der Waals surface area contributed by atoms with E-state index in [4.69, 9.17) is 9.84 Å². The molecule has 6 heteroatoms. The van der Waals surface area contributed by atoms with Crippen molar-refractivity contribution in [3.8, 4) is 17.3 Å². The van der Waals surface area contributed by atoms with Gasteiger partial charge < -0.3 is 0 Å². The van der Waals surface area contributed by atoms with Crippen molar-refractivity contribution in [1.82, 2.24) is 0 Å². The van der Waals surface area contributed by atoms with Crippen LogP contribution in [0.5, 0.6) is 11.5 Å². The SMILES string of the molecule is Cc1c(C(=O)O)ccc(O)c1OC#P=O. The second-order valence-corrected chi connectivity index (χ2v) is 3.04. The third-order valence-electron chi connectivity index (χ3n) is 1.80. The van der Waals surface area contributed by atoms with Crippen molar-refractivity contribution in [2.24, 2.45) is 0 Å². The molecular formula is C9H7O5P. The standard InChI is InChI=1S/C9H7O5P/c1-5-6(9(11)12)2-3-7(10)8(5)14-4-15-13/h2-3,10H,1H3,(H,11,12). The summed E-state index contributed by atoms with van der Waals surface area (Å²) in [5.74, 6) is 0.563. The number of rotatable bonds is 2. The molecule has 0 bridgehead atoms. The molecule has 0 spiro atoms. The molecule has 0 saturated heterocycles. The van der Waals surface area contributed by atoms with E-state index in [1.807, 2.05) is 5.81 Å². The molecule has 1 aromatic carbocycles. The minimum absolute atomic E-state index is 0.00663. The van der Waals surface area contributed by atoms with E-state index in [-0.39, 0.29) is 22.6 Å². The number of benzene rings is 1. The Labute approximate surface area is 86.4 Å².